The van der Waals surface area contributed by atoms with E-state index in [4.69, 9.17) is 9.15 Å². The molecule has 6 heteroatoms. The number of aryl methyl sites for hydroxylation is 2. The zero-order chi connectivity index (χ0) is 19.2. The van der Waals surface area contributed by atoms with E-state index in [1.165, 1.54) is 0 Å². The van der Waals surface area contributed by atoms with Gasteiger partial charge in [0.1, 0.15) is 5.76 Å². The molecule has 1 N–H and O–H groups in total. The number of nitrogens with zero attached hydrogens (tertiary/aromatic N) is 2. The Kier molecular flexibility index (Phi) is 5.86. The van der Waals surface area contributed by atoms with Gasteiger partial charge in [-0.3, -0.25) is 4.79 Å². The van der Waals surface area contributed by atoms with E-state index in [0.717, 1.165) is 22.6 Å². The lowest BCUT2D eigenvalue weighted by Crippen LogP contribution is -2.14. The summed E-state index contributed by atoms with van der Waals surface area (Å²) in [7, 11) is 0. The molecule has 3 aromatic rings. The molecule has 0 aliphatic rings. The Morgan fingerprint density at radius 2 is 1.96 bits per heavy atom. The zero-order valence-electron chi connectivity index (χ0n) is 15.4. The van der Waals surface area contributed by atoms with E-state index in [9.17, 15) is 9.90 Å². The van der Waals surface area contributed by atoms with Crippen molar-refractivity contribution >= 4 is 5.97 Å². The Balaban J connectivity index is 1.58. The number of carboxylic acids is 1. The van der Waals surface area contributed by atoms with E-state index >= 15 is 0 Å². The van der Waals surface area contributed by atoms with E-state index in [1.807, 2.05) is 50.2 Å². The molecule has 0 aliphatic carbocycles. The minimum Gasteiger partial charge on any atom is -0.481 e. The molecule has 3 rings (SSSR count). The quantitative estimate of drug-likeness (QED) is 0.654. The zero-order valence-corrected chi connectivity index (χ0v) is 15.4. The van der Waals surface area contributed by atoms with Crippen molar-refractivity contribution in [2.45, 2.75) is 32.6 Å². The van der Waals surface area contributed by atoms with Crippen molar-refractivity contribution in [2.75, 3.05) is 6.61 Å². The second kappa shape index (κ2) is 8.49. The minimum absolute atomic E-state index is 0.379. The van der Waals surface area contributed by atoms with Gasteiger partial charge in [-0.1, -0.05) is 36.4 Å². The fraction of sp³-hybridized carbons (Fsp3) is 0.286. The molecule has 0 spiro atoms. The van der Waals surface area contributed by atoms with E-state index < -0.39 is 11.9 Å². The van der Waals surface area contributed by atoms with Crippen LogP contribution in [0.1, 0.15) is 34.4 Å². The van der Waals surface area contributed by atoms with Crippen LogP contribution in [0.3, 0.4) is 0 Å². The van der Waals surface area contributed by atoms with Gasteiger partial charge in [-0.2, -0.15) is 0 Å². The summed E-state index contributed by atoms with van der Waals surface area (Å²) >= 11 is 0. The van der Waals surface area contributed by atoms with Gasteiger partial charge in [0.15, 0.2) is 5.89 Å². The maximum Gasteiger partial charge on any atom is 0.311 e. The normalized spacial score (nSPS) is 11.9. The average molecular weight is 366 g/mol. The number of carboxylic acid groups (broad SMARTS) is 1. The molecular weight excluding hydrogens is 344 g/mol. The summed E-state index contributed by atoms with van der Waals surface area (Å²) < 4.78 is 11.1. The highest BCUT2D eigenvalue weighted by atomic mass is 16.5. The van der Waals surface area contributed by atoms with Crippen LogP contribution < -0.4 is 4.74 Å². The number of rotatable bonds is 8. The van der Waals surface area contributed by atoms with Gasteiger partial charge in [-0.25, -0.2) is 9.97 Å². The molecule has 6 nitrogen and oxygen atoms in total. The summed E-state index contributed by atoms with van der Waals surface area (Å²) in [4.78, 5) is 20.2. The molecular formula is C21H22N2O4. The standard InChI is InChI=1S/C21H22N2O4/c1-14-19(23-15(2)27-14)10-11-26-20-9-8-16(13-22-20)12-18(21(24)25)17-6-4-3-5-7-17/h3-9,13,18H,10-12H2,1-2H3,(H,24,25). The highest BCUT2D eigenvalue weighted by molar-refractivity contribution is 5.76. The van der Waals surface area contributed by atoms with Crippen LogP contribution in [-0.2, 0) is 17.6 Å². The smallest absolute Gasteiger partial charge is 0.311 e. The molecule has 2 heterocycles. The molecule has 1 atom stereocenters. The first kappa shape index (κ1) is 18.6. The van der Waals surface area contributed by atoms with Crippen LogP contribution in [0.2, 0.25) is 0 Å². The number of carbonyl (C=O) groups is 1. The molecule has 0 aliphatic heterocycles. The molecule has 1 unspecified atom stereocenters. The molecule has 0 saturated carbocycles. The number of oxazole rings is 1. The number of aromatic nitrogens is 2. The third-order valence-corrected chi connectivity index (χ3v) is 4.33. The number of hydrogen-bond acceptors (Lipinski definition) is 5. The Hall–Kier alpha value is -3.15. The van der Waals surface area contributed by atoms with Crippen LogP contribution in [0.15, 0.2) is 53.1 Å². The number of ether oxygens (including phenoxy) is 1. The van der Waals surface area contributed by atoms with Gasteiger partial charge in [0.25, 0.3) is 0 Å². The van der Waals surface area contributed by atoms with E-state index in [0.29, 0.717) is 31.2 Å². The number of pyridine rings is 1. The van der Waals surface area contributed by atoms with Gasteiger partial charge in [0, 0.05) is 25.6 Å². The number of hydrogen-bond donors (Lipinski definition) is 1. The Labute approximate surface area is 157 Å². The fourth-order valence-corrected chi connectivity index (χ4v) is 2.94. The monoisotopic (exact) mass is 366 g/mol. The van der Waals surface area contributed by atoms with Gasteiger partial charge in [-0.05, 0) is 24.5 Å². The van der Waals surface area contributed by atoms with Crippen LogP contribution in [0, 0.1) is 13.8 Å². The van der Waals surface area contributed by atoms with Crippen molar-refractivity contribution in [3.63, 3.8) is 0 Å². The van der Waals surface area contributed by atoms with Crippen molar-refractivity contribution in [3.05, 3.63) is 77.1 Å². The van der Waals surface area contributed by atoms with E-state index in [-0.39, 0.29) is 0 Å². The Morgan fingerprint density at radius 1 is 1.19 bits per heavy atom. The van der Waals surface area contributed by atoms with Crippen LogP contribution in [-0.4, -0.2) is 27.7 Å². The molecule has 2 aromatic heterocycles. The lowest BCUT2D eigenvalue weighted by Gasteiger charge is -2.13. The van der Waals surface area contributed by atoms with E-state index in [2.05, 4.69) is 9.97 Å². The van der Waals surface area contributed by atoms with Gasteiger partial charge in [0.2, 0.25) is 5.88 Å². The van der Waals surface area contributed by atoms with Gasteiger partial charge in [0.05, 0.1) is 18.2 Å². The fourth-order valence-electron chi connectivity index (χ4n) is 2.94. The second-order valence-electron chi connectivity index (χ2n) is 6.34. The van der Waals surface area contributed by atoms with Crippen molar-refractivity contribution in [1.29, 1.82) is 0 Å². The molecule has 0 fully saturated rings. The predicted octanol–water partition coefficient (Wildman–Crippen LogP) is 3.72. The van der Waals surface area contributed by atoms with E-state index in [1.54, 1.807) is 12.3 Å². The number of aliphatic carboxylic acids is 1. The highest BCUT2D eigenvalue weighted by Crippen LogP contribution is 2.22. The van der Waals surface area contributed by atoms with Crippen molar-refractivity contribution < 1.29 is 19.1 Å². The third kappa shape index (κ3) is 4.94. The maximum atomic E-state index is 11.6. The molecule has 140 valence electrons. The first-order valence-corrected chi connectivity index (χ1v) is 8.81. The molecule has 0 saturated heterocycles. The Bertz CT molecular complexity index is 888. The minimum atomic E-state index is -0.847. The topological polar surface area (TPSA) is 85.5 Å². The molecule has 0 radical (unpaired) electrons. The summed E-state index contributed by atoms with van der Waals surface area (Å²) in [5.41, 5.74) is 2.52. The summed E-state index contributed by atoms with van der Waals surface area (Å²) in [6, 6.07) is 12.8. The molecule has 27 heavy (non-hydrogen) atoms. The molecule has 1 aromatic carbocycles. The van der Waals surface area contributed by atoms with Crippen LogP contribution in [0.25, 0.3) is 0 Å². The third-order valence-electron chi connectivity index (χ3n) is 4.33. The van der Waals surface area contributed by atoms with Crippen LogP contribution in [0.4, 0.5) is 0 Å². The number of benzene rings is 1. The second-order valence-corrected chi connectivity index (χ2v) is 6.34. The lowest BCUT2D eigenvalue weighted by molar-refractivity contribution is -0.138. The first-order chi connectivity index (χ1) is 13.0. The maximum absolute atomic E-state index is 11.6. The summed E-state index contributed by atoms with van der Waals surface area (Å²) in [6.45, 7) is 4.15. The van der Waals surface area contributed by atoms with Gasteiger partial charge in [-0.15, -0.1) is 0 Å². The largest absolute Gasteiger partial charge is 0.481 e. The summed E-state index contributed by atoms with van der Waals surface area (Å²) in [5, 5.41) is 9.53. The predicted molar refractivity (Wildman–Crippen MR) is 99.9 cm³/mol. The first-order valence-electron chi connectivity index (χ1n) is 8.81. The summed E-state index contributed by atoms with van der Waals surface area (Å²) in [5.74, 6) is 0.512. The summed E-state index contributed by atoms with van der Waals surface area (Å²) in [6.07, 6.45) is 2.69. The van der Waals surface area contributed by atoms with Gasteiger partial charge >= 0.3 is 5.97 Å². The van der Waals surface area contributed by atoms with Crippen molar-refractivity contribution in [1.82, 2.24) is 9.97 Å². The van der Waals surface area contributed by atoms with Gasteiger partial charge < -0.3 is 14.3 Å². The average Bonchev–Trinajstić information content (AvgIpc) is 2.98. The SMILES string of the molecule is Cc1nc(CCOc2ccc(CC(C(=O)O)c3ccccc3)cn2)c(C)o1. The van der Waals surface area contributed by atoms with Crippen molar-refractivity contribution in [3.8, 4) is 5.88 Å². The molecule has 0 amide bonds. The van der Waals surface area contributed by atoms with Crippen LogP contribution in [0.5, 0.6) is 5.88 Å². The molecule has 0 bridgehead atoms. The van der Waals surface area contributed by atoms with Crippen LogP contribution >= 0.6 is 0 Å². The highest BCUT2D eigenvalue weighted by Gasteiger charge is 2.20. The Morgan fingerprint density at radius 3 is 2.56 bits per heavy atom. The lowest BCUT2D eigenvalue weighted by atomic mass is 9.93. The van der Waals surface area contributed by atoms with Crippen molar-refractivity contribution in [2.24, 2.45) is 0 Å².